The zero-order valence-corrected chi connectivity index (χ0v) is 17.9. The highest BCUT2D eigenvalue weighted by molar-refractivity contribution is 7.97. The SMILES string of the molecule is CC(C)CSN1CCN(c2ccc(B3OC(C)(C)C(C)(C)O3)cc2)CC1. The first kappa shape index (κ1) is 20.1. The maximum atomic E-state index is 6.15. The Bertz CT molecular complexity index is 582. The molecule has 2 fully saturated rings. The van der Waals surface area contributed by atoms with Crippen molar-refractivity contribution in [1.29, 1.82) is 0 Å². The van der Waals surface area contributed by atoms with Crippen molar-refractivity contribution in [2.24, 2.45) is 5.92 Å². The first-order valence-corrected chi connectivity index (χ1v) is 10.7. The van der Waals surface area contributed by atoms with Gasteiger partial charge in [-0.3, -0.25) is 0 Å². The number of benzene rings is 1. The standard InChI is InChI=1S/C20H33BN2O2S/c1-16(2)15-26-23-13-11-22(12-14-23)18-9-7-17(8-10-18)21-24-19(3,4)20(5,6)25-21/h7-10,16H,11-15H2,1-6H3. The summed E-state index contributed by atoms with van der Waals surface area (Å²) in [4.78, 5) is 2.47. The molecule has 26 heavy (non-hydrogen) atoms. The third-order valence-corrected chi connectivity index (χ3v) is 7.16. The van der Waals surface area contributed by atoms with E-state index in [1.54, 1.807) is 0 Å². The average molecular weight is 376 g/mol. The van der Waals surface area contributed by atoms with Gasteiger partial charge in [-0.15, -0.1) is 0 Å². The Labute approximate surface area is 163 Å². The zero-order chi connectivity index (χ0) is 18.9. The van der Waals surface area contributed by atoms with E-state index in [-0.39, 0.29) is 18.3 Å². The van der Waals surface area contributed by atoms with Crippen molar-refractivity contribution in [2.45, 2.75) is 52.7 Å². The van der Waals surface area contributed by atoms with Crippen molar-refractivity contribution >= 4 is 30.2 Å². The van der Waals surface area contributed by atoms with E-state index in [2.05, 4.69) is 75.0 Å². The van der Waals surface area contributed by atoms with Gasteiger partial charge in [0.25, 0.3) is 0 Å². The highest BCUT2D eigenvalue weighted by atomic mass is 32.2. The summed E-state index contributed by atoms with van der Waals surface area (Å²) in [5, 5.41) is 0. The van der Waals surface area contributed by atoms with Crippen molar-refractivity contribution in [2.75, 3.05) is 36.8 Å². The van der Waals surface area contributed by atoms with Crippen LogP contribution in [0.5, 0.6) is 0 Å². The highest BCUT2D eigenvalue weighted by Gasteiger charge is 2.51. The summed E-state index contributed by atoms with van der Waals surface area (Å²) in [6, 6.07) is 8.71. The van der Waals surface area contributed by atoms with Gasteiger partial charge in [-0.25, -0.2) is 4.31 Å². The van der Waals surface area contributed by atoms with Gasteiger partial charge in [-0.2, -0.15) is 0 Å². The molecule has 0 unspecified atom stereocenters. The van der Waals surface area contributed by atoms with Crippen LogP contribution in [0.25, 0.3) is 0 Å². The second-order valence-corrected chi connectivity index (χ2v) is 9.89. The summed E-state index contributed by atoms with van der Waals surface area (Å²) in [6.45, 7) is 17.4. The lowest BCUT2D eigenvalue weighted by Crippen LogP contribution is -2.44. The quantitative estimate of drug-likeness (QED) is 0.579. The number of hydrogen-bond donors (Lipinski definition) is 0. The van der Waals surface area contributed by atoms with Crippen molar-refractivity contribution in [3.05, 3.63) is 24.3 Å². The number of anilines is 1. The first-order chi connectivity index (χ1) is 12.2. The van der Waals surface area contributed by atoms with Crippen LogP contribution in [0.15, 0.2) is 24.3 Å². The molecule has 0 N–H and O–H groups in total. The van der Waals surface area contributed by atoms with E-state index in [0.717, 1.165) is 37.6 Å². The monoisotopic (exact) mass is 376 g/mol. The maximum Gasteiger partial charge on any atom is 0.494 e. The van der Waals surface area contributed by atoms with Crippen molar-refractivity contribution < 1.29 is 9.31 Å². The topological polar surface area (TPSA) is 24.9 Å². The molecule has 0 aliphatic carbocycles. The number of rotatable bonds is 5. The van der Waals surface area contributed by atoms with Gasteiger partial charge in [0.1, 0.15) is 0 Å². The van der Waals surface area contributed by atoms with Gasteiger partial charge < -0.3 is 14.2 Å². The van der Waals surface area contributed by atoms with Crippen LogP contribution in [0.4, 0.5) is 5.69 Å². The Morgan fingerprint density at radius 1 is 0.962 bits per heavy atom. The molecule has 3 rings (SSSR count). The van der Waals surface area contributed by atoms with Crippen LogP contribution in [0.1, 0.15) is 41.5 Å². The predicted octanol–water partition coefficient (Wildman–Crippen LogP) is 3.41. The van der Waals surface area contributed by atoms with Gasteiger partial charge in [-0.05, 0) is 51.2 Å². The van der Waals surface area contributed by atoms with Gasteiger partial charge in [0.05, 0.1) is 11.2 Å². The van der Waals surface area contributed by atoms with Crippen LogP contribution in [0, 0.1) is 5.92 Å². The van der Waals surface area contributed by atoms with Gasteiger partial charge >= 0.3 is 7.12 Å². The molecule has 1 aromatic rings. The smallest absolute Gasteiger partial charge is 0.399 e. The number of hydrogen-bond acceptors (Lipinski definition) is 5. The molecule has 0 bridgehead atoms. The summed E-state index contributed by atoms with van der Waals surface area (Å²) >= 11 is 2.00. The van der Waals surface area contributed by atoms with E-state index in [4.69, 9.17) is 9.31 Å². The molecular formula is C20H33BN2O2S. The van der Waals surface area contributed by atoms with E-state index >= 15 is 0 Å². The minimum absolute atomic E-state index is 0.279. The van der Waals surface area contributed by atoms with Crippen LogP contribution >= 0.6 is 11.9 Å². The average Bonchev–Trinajstić information content (AvgIpc) is 2.81. The molecule has 1 aromatic carbocycles. The van der Waals surface area contributed by atoms with Crippen molar-refractivity contribution in [1.82, 2.24) is 4.31 Å². The lowest BCUT2D eigenvalue weighted by molar-refractivity contribution is 0.00578. The summed E-state index contributed by atoms with van der Waals surface area (Å²) < 4.78 is 14.8. The molecule has 2 aliphatic rings. The lowest BCUT2D eigenvalue weighted by atomic mass is 9.79. The Hall–Kier alpha value is -0.685. The van der Waals surface area contributed by atoms with E-state index in [0.29, 0.717) is 0 Å². The fraction of sp³-hybridized carbons (Fsp3) is 0.700. The Morgan fingerprint density at radius 3 is 2.00 bits per heavy atom. The lowest BCUT2D eigenvalue weighted by Gasteiger charge is -2.35. The second kappa shape index (κ2) is 7.74. The van der Waals surface area contributed by atoms with Crippen LogP contribution in [0.2, 0.25) is 0 Å². The minimum atomic E-state index is -0.291. The molecule has 0 spiro atoms. The normalized spacial score (nSPS) is 23.0. The summed E-state index contributed by atoms with van der Waals surface area (Å²) in [7, 11) is -0.279. The summed E-state index contributed by atoms with van der Waals surface area (Å²) in [5.41, 5.74) is 1.80. The Balaban J connectivity index is 1.56. The summed E-state index contributed by atoms with van der Waals surface area (Å²) in [6.07, 6.45) is 0. The Morgan fingerprint density at radius 2 is 1.50 bits per heavy atom. The second-order valence-electron chi connectivity index (χ2n) is 8.79. The fourth-order valence-electron chi connectivity index (χ4n) is 3.15. The van der Waals surface area contributed by atoms with Crippen molar-refractivity contribution in [3.8, 4) is 0 Å². The van der Waals surface area contributed by atoms with Crippen LogP contribution in [-0.2, 0) is 9.31 Å². The van der Waals surface area contributed by atoms with Crippen LogP contribution in [-0.4, -0.2) is 54.6 Å². The molecule has 0 aromatic heterocycles. The van der Waals surface area contributed by atoms with E-state index in [1.807, 2.05) is 11.9 Å². The molecular weight excluding hydrogens is 343 g/mol. The third-order valence-electron chi connectivity index (χ3n) is 5.61. The van der Waals surface area contributed by atoms with Crippen molar-refractivity contribution in [3.63, 3.8) is 0 Å². The maximum absolute atomic E-state index is 6.15. The fourth-order valence-corrected chi connectivity index (χ4v) is 4.08. The molecule has 0 saturated carbocycles. The van der Waals surface area contributed by atoms with E-state index in [9.17, 15) is 0 Å². The largest absolute Gasteiger partial charge is 0.494 e. The molecule has 6 heteroatoms. The predicted molar refractivity (Wildman–Crippen MR) is 113 cm³/mol. The zero-order valence-electron chi connectivity index (χ0n) is 17.1. The molecule has 2 heterocycles. The van der Waals surface area contributed by atoms with Gasteiger partial charge in [0, 0.05) is 37.6 Å². The molecule has 144 valence electrons. The Kier molecular flexibility index (Phi) is 5.97. The van der Waals surface area contributed by atoms with Gasteiger partial charge in [0.15, 0.2) is 0 Å². The minimum Gasteiger partial charge on any atom is -0.399 e. The molecule has 0 atom stereocenters. The van der Waals surface area contributed by atoms with Crippen LogP contribution in [0.3, 0.4) is 0 Å². The summed E-state index contributed by atoms with van der Waals surface area (Å²) in [5.74, 6) is 1.96. The third kappa shape index (κ3) is 4.41. The molecule has 4 nitrogen and oxygen atoms in total. The molecule has 0 radical (unpaired) electrons. The molecule has 2 saturated heterocycles. The van der Waals surface area contributed by atoms with Crippen LogP contribution < -0.4 is 10.4 Å². The number of piperazine rings is 1. The number of nitrogens with zero attached hydrogens (tertiary/aromatic N) is 2. The first-order valence-electron chi connectivity index (χ1n) is 9.76. The molecule has 0 amide bonds. The molecule has 2 aliphatic heterocycles. The van der Waals surface area contributed by atoms with Gasteiger partial charge in [-0.1, -0.05) is 37.9 Å². The highest BCUT2D eigenvalue weighted by Crippen LogP contribution is 2.36. The van der Waals surface area contributed by atoms with E-state index in [1.165, 1.54) is 11.4 Å². The van der Waals surface area contributed by atoms with Gasteiger partial charge in [0.2, 0.25) is 0 Å². The van der Waals surface area contributed by atoms with E-state index < -0.39 is 0 Å².